The minimum absolute atomic E-state index is 0.433. The van der Waals surface area contributed by atoms with Gasteiger partial charge >= 0.3 is 0 Å². The van der Waals surface area contributed by atoms with Gasteiger partial charge in [-0.25, -0.2) is 0 Å². The van der Waals surface area contributed by atoms with E-state index in [1.807, 2.05) is 12.1 Å². The van der Waals surface area contributed by atoms with E-state index in [9.17, 15) is 4.79 Å². The average molecular weight is 272 g/mol. The monoisotopic (exact) mass is 272 g/mol. The molecule has 0 aliphatic rings. The number of hydrogen-bond donors (Lipinski definition) is 1. The number of carbonyl (C=O) groups is 1. The van der Waals surface area contributed by atoms with Crippen LogP contribution in [0.1, 0.15) is 10.4 Å². The first-order chi connectivity index (χ1) is 10.2. The molecule has 0 saturated heterocycles. The highest BCUT2D eigenvalue weighted by atomic mass is 16.1. The lowest BCUT2D eigenvalue weighted by atomic mass is 10.00. The second-order valence-corrected chi connectivity index (χ2v) is 5.14. The summed E-state index contributed by atoms with van der Waals surface area (Å²) in [7, 11) is 0. The third-order valence-electron chi connectivity index (χ3n) is 3.83. The molecule has 0 saturated carbocycles. The van der Waals surface area contributed by atoms with E-state index in [-0.39, 0.29) is 0 Å². The molecule has 4 rings (SSSR count). The van der Waals surface area contributed by atoms with Crippen LogP contribution in [0, 0.1) is 0 Å². The molecule has 0 atom stereocenters. The van der Waals surface area contributed by atoms with Gasteiger partial charge in [-0.3, -0.25) is 9.78 Å². The molecule has 3 nitrogen and oxygen atoms in total. The zero-order valence-electron chi connectivity index (χ0n) is 11.2. The van der Waals surface area contributed by atoms with Crippen LogP contribution >= 0.6 is 0 Å². The fraction of sp³-hybridized carbons (Fsp3) is 0. The predicted molar refractivity (Wildman–Crippen MR) is 85.3 cm³/mol. The maximum atomic E-state index is 11.3. The molecule has 3 heteroatoms. The number of primary amides is 1. The van der Waals surface area contributed by atoms with E-state index in [0.29, 0.717) is 5.56 Å². The number of nitrogens with zero attached hydrogens (tertiary/aromatic N) is 1. The number of pyridine rings is 1. The van der Waals surface area contributed by atoms with Gasteiger partial charge in [0.15, 0.2) is 0 Å². The van der Waals surface area contributed by atoms with Crippen molar-refractivity contribution in [3.8, 4) is 0 Å². The van der Waals surface area contributed by atoms with Crippen molar-refractivity contribution in [2.75, 3.05) is 0 Å². The van der Waals surface area contributed by atoms with Crippen molar-refractivity contribution in [3.05, 3.63) is 66.4 Å². The van der Waals surface area contributed by atoms with Gasteiger partial charge in [-0.1, -0.05) is 36.4 Å². The third kappa shape index (κ3) is 1.82. The minimum atomic E-state index is -0.456. The SMILES string of the molecule is NC(=O)c1cnc2cc3c(ccc4ccccc43)cc2c1. The number of amides is 1. The number of carbonyl (C=O) groups excluding carboxylic acids is 1. The molecule has 1 aromatic heterocycles. The Bertz CT molecular complexity index is 1020. The molecule has 0 fully saturated rings. The first kappa shape index (κ1) is 11.9. The summed E-state index contributed by atoms with van der Waals surface area (Å²) in [5.74, 6) is -0.456. The molecule has 1 heterocycles. The summed E-state index contributed by atoms with van der Waals surface area (Å²) in [5.41, 5.74) is 6.61. The molecule has 0 unspecified atom stereocenters. The number of rotatable bonds is 1. The summed E-state index contributed by atoms with van der Waals surface area (Å²) in [5, 5.41) is 5.63. The number of fused-ring (bicyclic) bond motifs is 4. The highest BCUT2D eigenvalue weighted by Gasteiger charge is 2.06. The highest BCUT2D eigenvalue weighted by Crippen LogP contribution is 2.28. The van der Waals surface area contributed by atoms with Gasteiger partial charge in [0.1, 0.15) is 0 Å². The molecule has 0 aliphatic heterocycles. The van der Waals surface area contributed by atoms with E-state index in [1.165, 1.54) is 22.4 Å². The summed E-state index contributed by atoms with van der Waals surface area (Å²) in [6.45, 7) is 0. The van der Waals surface area contributed by atoms with E-state index < -0.39 is 5.91 Å². The molecule has 100 valence electrons. The van der Waals surface area contributed by atoms with Gasteiger partial charge in [0, 0.05) is 11.6 Å². The van der Waals surface area contributed by atoms with Crippen molar-refractivity contribution >= 4 is 38.4 Å². The lowest BCUT2D eigenvalue weighted by Crippen LogP contribution is -2.10. The van der Waals surface area contributed by atoms with Gasteiger partial charge < -0.3 is 5.73 Å². The van der Waals surface area contributed by atoms with Gasteiger partial charge in [-0.15, -0.1) is 0 Å². The Balaban J connectivity index is 2.12. The lowest BCUT2D eigenvalue weighted by molar-refractivity contribution is 0.1000. The van der Waals surface area contributed by atoms with E-state index in [1.54, 1.807) is 6.07 Å². The molecule has 4 aromatic rings. The molecular formula is C18H12N2O. The van der Waals surface area contributed by atoms with Crippen LogP contribution in [0.3, 0.4) is 0 Å². The number of hydrogen-bond acceptors (Lipinski definition) is 2. The van der Waals surface area contributed by atoms with E-state index in [4.69, 9.17) is 5.73 Å². The Morgan fingerprint density at radius 2 is 1.67 bits per heavy atom. The van der Waals surface area contributed by atoms with Crippen molar-refractivity contribution < 1.29 is 4.79 Å². The predicted octanol–water partition coefficient (Wildman–Crippen LogP) is 3.64. The molecule has 0 aliphatic carbocycles. The largest absolute Gasteiger partial charge is 0.366 e. The maximum absolute atomic E-state index is 11.3. The van der Waals surface area contributed by atoms with Crippen molar-refractivity contribution in [2.45, 2.75) is 0 Å². The zero-order chi connectivity index (χ0) is 14.4. The summed E-state index contributed by atoms with van der Waals surface area (Å²) in [6, 6.07) is 18.4. The van der Waals surface area contributed by atoms with Crippen LogP contribution in [0.4, 0.5) is 0 Å². The van der Waals surface area contributed by atoms with Crippen molar-refractivity contribution in [1.82, 2.24) is 4.98 Å². The summed E-state index contributed by atoms with van der Waals surface area (Å²) in [4.78, 5) is 15.6. The number of benzene rings is 3. The normalized spacial score (nSPS) is 11.2. The van der Waals surface area contributed by atoms with Crippen LogP contribution in [-0.4, -0.2) is 10.9 Å². The molecule has 0 bridgehead atoms. The average Bonchev–Trinajstić information content (AvgIpc) is 2.52. The zero-order valence-corrected chi connectivity index (χ0v) is 11.2. The Labute approximate surface area is 121 Å². The smallest absolute Gasteiger partial charge is 0.250 e. The summed E-state index contributed by atoms with van der Waals surface area (Å²) < 4.78 is 0. The molecule has 2 N–H and O–H groups in total. The molecule has 0 radical (unpaired) electrons. The first-order valence-electron chi connectivity index (χ1n) is 6.73. The number of nitrogens with two attached hydrogens (primary N) is 1. The van der Waals surface area contributed by atoms with E-state index >= 15 is 0 Å². The molecular weight excluding hydrogens is 260 g/mol. The van der Waals surface area contributed by atoms with Crippen LogP contribution in [0.15, 0.2) is 60.8 Å². The van der Waals surface area contributed by atoms with E-state index in [2.05, 4.69) is 41.4 Å². The Hall–Kier alpha value is -2.94. The first-order valence-corrected chi connectivity index (χ1v) is 6.73. The fourth-order valence-electron chi connectivity index (χ4n) is 2.77. The van der Waals surface area contributed by atoms with Crippen molar-refractivity contribution in [2.24, 2.45) is 5.73 Å². The highest BCUT2D eigenvalue weighted by molar-refractivity contribution is 6.12. The Morgan fingerprint density at radius 1 is 0.857 bits per heavy atom. The second-order valence-electron chi connectivity index (χ2n) is 5.14. The number of aromatic nitrogens is 1. The van der Waals surface area contributed by atoms with Gasteiger partial charge in [0.05, 0.1) is 11.1 Å². The Kier molecular flexibility index (Phi) is 2.42. The fourth-order valence-corrected chi connectivity index (χ4v) is 2.77. The standard InChI is InChI=1S/C18H12N2O/c19-18(21)14-8-13-7-12-6-5-11-3-1-2-4-15(11)16(12)9-17(13)20-10-14/h1-10H,(H2,19,21). The van der Waals surface area contributed by atoms with E-state index in [0.717, 1.165) is 16.3 Å². The second kappa shape index (κ2) is 4.28. The summed E-state index contributed by atoms with van der Waals surface area (Å²) >= 11 is 0. The molecule has 1 amide bonds. The molecule has 21 heavy (non-hydrogen) atoms. The van der Waals surface area contributed by atoms with Crippen LogP contribution in [0.25, 0.3) is 32.4 Å². The van der Waals surface area contributed by atoms with Crippen LogP contribution in [-0.2, 0) is 0 Å². The summed E-state index contributed by atoms with van der Waals surface area (Å²) in [6.07, 6.45) is 1.53. The maximum Gasteiger partial charge on any atom is 0.250 e. The lowest BCUT2D eigenvalue weighted by Gasteiger charge is -2.06. The quantitative estimate of drug-likeness (QED) is 0.425. The van der Waals surface area contributed by atoms with Gasteiger partial charge in [0.25, 0.3) is 0 Å². The van der Waals surface area contributed by atoms with Crippen LogP contribution < -0.4 is 5.73 Å². The van der Waals surface area contributed by atoms with Crippen molar-refractivity contribution in [3.63, 3.8) is 0 Å². The van der Waals surface area contributed by atoms with Crippen molar-refractivity contribution in [1.29, 1.82) is 0 Å². The van der Waals surface area contributed by atoms with Gasteiger partial charge in [-0.2, -0.15) is 0 Å². The topological polar surface area (TPSA) is 56.0 Å². The third-order valence-corrected chi connectivity index (χ3v) is 3.83. The van der Waals surface area contributed by atoms with Crippen LogP contribution in [0.5, 0.6) is 0 Å². The van der Waals surface area contributed by atoms with Gasteiger partial charge in [0.2, 0.25) is 5.91 Å². The Morgan fingerprint density at radius 3 is 2.52 bits per heavy atom. The van der Waals surface area contributed by atoms with Crippen LogP contribution in [0.2, 0.25) is 0 Å². The van der Waals surface area contributed by atoms with Gasteiger partial charge in [-0.05, 0) is 39.7 Å². The molecule has 0 spiro atoms. The minimum Gasteiger partial charge on any atom is -0.366 e. The molecule has 3 aromatic carbocycles.